The van der Waals surface area contributed by atoms with Crippen LogP contribution in [0.15, 0.2) is 12.3 Å². The van der Waals surface area contributed by atoms with E-state index in [9.17, 15) is 9.90 Å². The molecule has 1 unspecified atom stereocenters. The second-order valence-electron chi connectivity index (χ2n) is 6.23. The summed E-state index contributed by atoms with van der Waals surface area (Å²) in [6.07, 6.45) is 6.48. The Hall–Kier alpha value is -1.20. The number of nitrogens with zero attached hydrogens (tertiary/aromatic N) is 2. The van der Waals surface area contributed by atoms with Crippen LogP contribution in [0.3, 0.4) is 0 Å². The molecule has 1 N–H and O–H groups in total. The van der Waals surface area contributed by atoms with Crippen molar-refractivity contribution < 1.29 is 9.90 Å². The van der Waals surface area contributed by atoms with Crippen molar-refractivity contribution in [2.75, 3.05) is 13.1 Å². The summed E-state index contributed by atoms with van der Waals surface area (Å²) in [6.45, 7) is 7.55. The van der Waals surface area contributed by atoms with E-state index < -0.39 is 0 Å². The molecule has 1 atom stereocenters. The zero-order valence-corrected chi connectivity index (χ0v) is 13.1. The van der Waals surface area contributed by atoms with Crippen molar-refractivity contribution in [1.82, 2.24) is 9.88 Å². The van der Waals surface area contributed by atoms with Gasteiger partial charge in [-0.05, 0) is 18.9 Å². The molecule has 1 aromatic rings. The van der Waals surface area contributed by atoms with Crippen LogP contribution < -0.4 is 0 Å². The minimum atomic E-state index is -0.378. The van der Waals surface area contributed by atoms with Crippen molar-refractivity contribution in [2.45, 2.75) is 45.1 Å². The fourth-order valence-corrected chi connectivity index (χ4v) is 3.00. The molecule has 1 aromatic heterocycles. The molecule has 20 heavy (non-hydrogen) atoms. The number of rotatable bonds is 2. The Balaban J connectivity index is 1.98. The van der Waals surface area contributed by atoms with E-state index in [1.807, 2.05) is 6.08 Å². The van der Waals surface area contributed by atoms with Crippen molar-refractivity contribution >= 4 is 23.3 Å². The van der Waals surface area contributed by atoms with Gasteiger partial charge in [0.25, 0.3) is 0 Å². The van der Waals surface area contributed by atoms with E-state index in [0.29, 0.717) is 6.54 Å². The van der Waals surface area contributed by atoms with E-state index in [1.165, 1.54) is 0 Å². The highest BCUT2D eigenvalue weighted by atomic mass is 32.1. The number of carbonyl (C=O) groups excluding carboxylic acids is 1. The minimum Gasteiger partial charge on any atom is -0.391 e. The van der Waals surface area contributed by atoms with Crippen molar-refractivity contribution in [3.8, 4) is 0 Å². The summed E-state index contributed by atoms with van der Waals surface area (Å²) in [5.41, 5.74) is 0.0394. The van der Waals surface area contributed by atoms with Gasteiger partial charge in [0, 0.05) is 35.7 Å². The molecule has 0 bridgehead atoms. The highest BCUT2D eigenvalue weighted by molar-refractivity contribution is 7.12. The molecule has 0 spiro atoms. The number of aliphatic hydroxyl groups excluding tert-OH is 1. The zero-order valence-electron chi connectivity index (χ0n) is 12.3. The average Bonchev–Trinajstić information content (AvgIpc) is 2.84. The molecular weight excluding hydrogens is 272 g/mol. The third kappa shape index (κ3) is 3.90. The summed E-state index contributed by atoms with van der Waals surface area (Å²) in [6, 6.07) is 0. The molecule has 0 radical (unpaired) electrons. The first-order valence-electron chi connectivity index (χ1n) is 6.97. The minimum absolute atomic E-state index is 0.0329. The first-order valence-corrected chi connectivity index (χ1v) is 7.79. The summed E-state index contributed by atoms with van der Waals surface area (Å²) in [5, 5.41) is 10.6. The molecule has 1 aliphatic heterocycles. The van der Waals surface area contributed by atoms with Crippen molar-refractivity contribution in [3.63, 3.8) is 0 Å². The van der Waals surface area contributed by atoms with Crippen molar-refractivity contribution in [3.05, 3.63) is 22.2 Å². The number of β-amino-alcohol motifs (C(OH)–C–C–N with tert-alkyl or cyclic N) is 1. The quantitative estimate of drug-likeness (QED) is 0.852. The Morgan fingerprint density at radius 3 is 2.90 bits per heavy atom. The van der Waals surface area contributed by atoms with Gasteiger partial charge in [-0.3, -0.25) is 4.79 Å². The second kappa shape index (κ2) is 6.06. The SMILES string of the molecule is CC(C)(C)c1ncc(C=CC(=O)N2CCCC(O)C2)s1. The monoisotopic (exact) mass is 294 g/mol. The van der Waals surface area contributed by atoms with Crippen LogP contribution in [0.2, 0.25) is 0 Å². The maximum absolute atomic E-state index is 12.0. The van der Waals surface area contributed by atoms with Gasteiger partial charge in [-0.25, -0.2) is 4.98 Å². The largest absolute Gasteiger partial charge is 0.391 e. The Bertz CT molecular complexity index is 502. The van der Waals surface area contributed by atoms with E-state index in [-0.39, 0.29) is 17.4 Å². The van der Waals surface area contributed by atoms with E-state index in [4.69, 9.17) is 0 Å². The van der Waals surface area contributed by atoms with Crippen LogP contribution in [0.1, 0.15) is 43.5 Å². The topological polar surface area (TPSA) is 53.4 Å². The lowest BCUT2D eigenvalue weighted by Gasteiger charge is -2.29. The summed E-state index contributed by atoms with van der Waals surface area (Å²) in [7, 11) is 0. The summed E-state index contributed by atoms with van der Waals surface area (Å²) in [4.78, 5) is 19.1. The zero-order chi connectivity index (χ0) is 14.8. The van der Waals surface area contributed by atoms with E-state index in [2.05, 4.69) is 25.8 Å². The number of hydrogen-bond acceptors (Lipinski definition) is 4. The van der Waals surface area contributed by atoms with Crippen LogP contribution in [-0.4, -0.2) is 40.1 Å². The molecule has 2 heterocycles. The lowest BCUT2D eigenvalue weighted by Crippen LogP contribution is -2.41. The number of piperidine rings is 1. The standard InChI is InChI=1S/C15H22N2O2S/c1-15(2,3)14-16-9-12(20-14)6-7-13(19)17-8-4-5-11(18)10-17/h6-7,9,11,18H,4-5,8,10H2,1-3H3. The molecule has 2 rings (SSSR count). The van der Waals surface area contributed by atoms with Gasteiger partial charge in [0.15, 0.2) is 0 Å². The van der Waals surface area contributed by atoms with Crippen molar-refractivity contribution in [1.29, 1.82) is 0 Å². The molecule has 4 nitrogen and oxygen atoms in total. The predicted molar refractivity (Wildman–Crippen MR) is 81.7 cm³/mol. The van der Waals surface area contributed by atoms with Gasteiger partial charge in [0.2, 0.25) is 5.91 Å². The average molecular weight is 294 g/mol. The molecular formula is C15H22N2O2S. The second-order valence-corrected chi connectivity index (χ2v) is 7.29. The van der Waals surface area contributed by atoms with Gasteiger partial charge in [-0.1, -0.05) is 20.8 Å². The molecule has 1 amide bonds. The Morgan fingerprint density at radius 2 is 2.30 bits per heavy atom. The lowest BCUT2D eigenvalue weighted by molar-refractivity contribution is -0.128. The first-order chi connectivity index (χ1) is 9.36. The highest BCUT2D eigenvalue weighted by Gasteiger charge is 2.20. The number of aromatic nitrogens is 1. The van der Waals surface area contributed by atoms with Crippen LogP contribution in [-0.2, 0) is 10.2 Å². The van der Waals surface area contributed by atoms with E-state index in [1.54, 1.807) is 28.5 Å². The molecule has 1 fully saturated rings. The fourth-order valence-electron chi connectivity index (χ4n) is 2.12. The molecule has 0 aromatic carbocycles. The molecule has 1 aliphatic rings. The van der Waals surface area contributed by atoms with Crippen LogP contribution in [0, 0.1) is 0 Å². The van der Waals surface area contributed by atoms with Crippen molar-refractivity contribution in [2.24, 2.45) is 0 Å². The van der Waals surface area contributed by atoms with Gasteiger partial charge < -0.3 is 10.0 Å². The number of carbonyl (C=O) groups is 1. The summed E-state index contributed by atoms with van der Waals surface area (Å²) < 4.78 is 0. The van der Waals surface area contributed by atoms with E-state index >= 15 is 0 Å². The van der Waals surface area contributed by atoms with Crippen LogP contribution in [0.25, 0.3) is 6.08 Å². The third-order valence-corrected chi connectivity index (χ3v) is 4.65. The smallest absolute Gasteiger partial charge is 0.246 e. The normalized spacial score (nSPS) is 20.6. The van der Waals surface area contributed by atoms with Gasteiger partial charge in [0.1, 0.15) is 0 Å². The number of thiazole rings is 1. The number of amides is 1. The highest BCUT2D eigenvalue weighted by Crippen LogP contribution is 2.27. The predicted octanol–water partition coefficient (Wildman–Crippen LogP) is 2.44. The van der Waals surface area contributed by atoms with Crippen LogP contribution in [0.5, 0.6) is 0 Å². The maximum Gasteiger partial charge on any atom is 0.246 e. The molecule has 0 aliphatic carbocycles. The molecule has 5 heteroatoms. The fraction of sp³-hybridized carbons (Fsp3) is 0.600. The number of hydrogen-bond donors (Lipinski definition) is 1. The summed E-state index contributed by atoms with van der Waals surface area (Å²) in [5.74, 6) is -0.0329. The Kier molecular flexibility index (Phi) is 4.60. The lowest BCUT2D eigenvalue weighted by atomic mass is 9.98. The van der Waals surface area contributed by atoms with Gasteiger partial charge >= 0.3 is 0 Å². The number of likely N-dealkylation sites (tertiary alicyclic amines) is 1. The maximum atomic E-state index is 12.0. The van der Waals surface area contributed by atoms with Gasteiger partial charge in [-0.15, -0.1) is 11.3 Å². The van der Waals surface area contributed by atoms with Crippen LogP contribution in [0.4, 0.5) is 0 Å². The van der Waals surface area contributed by atoms with Gasteiger partial charge in [-0.2, -0.15) is 0 Å². The van der Waals surface area contributed by atoms with Gasteiger partial charge in [0.05, 0.1) is 11.1 Å². The number of aliphatic hydroxyl groups is 1. The Morgan fingerprint density at radius 1 is 1.55 bits per heavy atom. The van der Waals surface area contributed by atoms with Crippen LogP contribution >= 0.6 is 11.3 Å². The van der Waals surface area contributed by atoms with E-state index in [0.717, 1.165) is 29.3 Å². The Labute approximate surface area is 124 Å². The summed E-state index contributed by atoms with van der Waals surface area (Å²) >= 11 is 1.61. The molecule has 1 saturated heterocycles. The molecule has 0 saturated carbocycles. The molecule has 110 valence electrons. The third-order valence-electron chi connectivity index (χ3n) is 3.26. The first kappa shape index (κ1) is 15.2.